The molecule has 0 heterocycles. The molecule has 0 aliphatic heterocycles. The molecule has 0 unspecified atom stereocenters. The lowest BCUT2D eigenvalue weighted by Gasteiger charge is -2.22. The average molecular weight is 263 g/mol. The quantitative estimate of drug-likeness (QED) is 0.849. The van der Waals surface area contributed by atoms with Crippen LogP contribution in [0.3, 0.4) is 0 Å². The van der Waals surface area contributed by atoms with E-state index in [9.17, 15) is 9.90 Å². The zero-order valence-corrected chi connectivity index (χ0v) is 11.3. The molecule has 0 spiro atoms. The standard InChI is InChI=1S/C15H21NO3/c1-19-13-7-3-2-6-12(13)10-14(17)16-11-15(18)8-4-5-9-15/h2-3,6-7,18H,4-5,8-11H2,1H3,(H,16,17). The van der Waals surface area contributed by atoms with Gasteiger partial charge in [0.15, 0.2) is 0 Å². The maximum atomic E-state index is 11.9. The van der Waals surface area contributed by atoms with Crippen molar-refractivity contribution in [3.63, 3.8) is 0 Å². The number of hydrogen-bond donors (Lipinski definition) is 2. The maximum Gasteiger partial charge on any atom is 0.224 e. The molecule has 1 fully saturated rings. The van der Waals surface area contributed by atoms with Crippen LogP contribution in [0.4, 0.5) is 0 Å². The van der Waals surface area contributed by atoms with E-state index in [4.69, 9.17) is 4.74 Å². The highest BCUT2D eigenvalue weighted by molar-refractivity contribution is 5.79. The monoisotopic (exact) mass is 263 g/mol. The fraction of sp³-hybridized carbons (Fsp3) is 0.533. The zero-order chi connectivity index (χ0) is 13.7. The molecular weight excluding hydrogens is 242 g/mol. The first-order valence-electron chi connectivity index (χ1n) is 6.74. The van der Waals surface area contributed by atoms with Gasteiger partial charge in [0.1, 0.15) is 5.75 Å². The van der Waals surface area contributed by atoms with Gasteiger partial charge >= 0.3 is 0 Å². The molecule has 2 rings (SSSR count). The summed E-state index contributed by atoms with van der Waals surface area (Å²) in [7, 11) is 1.60. The number of ether oxygens (including phenoxy) is 1. The fourth-order valence-electron chi connectivity index (χ4n) is 2.56. The third-order valence-corrected chi connectivity index (χ3v) is 3.69. The molecule has 4 heteroatoms. The Balaban J connectivity index is 1.87. The number of amides is 1. The topological polar surface area (TPSA) is 58.6 Å². The molecular formula is C15H21NO3. The van der Waals surface area contributed by atoms with Gasteiger partial charge < -0.3 is 15.2 Å². The van der Waals surface area contributed by atoms with E-state index in [2.05, 4.69) is 5.32 Å². The summed E-state index contributed by atoms with van der Waals surface area (Å²) in [6, 6.07) is 7.48. The van der Waals surface area contributed by atoms with Gasteiger partial charge in [-0.25, -0.2) is 0 Å². The molecule has 0 bridgehead atoms. The summed E-state index contributed by atoms with van der Waals surface area (Å²) in [5.41, 5.74) is 0.164. The number of rotatable bonds is 5. The van der Waals surface area contributed by atoms with Crippen molar-refractivity contribution in [2.75, 3.05) is 13.7 Å². The second kappa shape index (κ2) is 6.06. The molecule has 1 aromatic carbocycles. The molecule has 19 heavy (non-hydrogen) atoms. The number of methoxy groups -OCH3 is 1. The van der Waals surface area contributed by atoms with Gasteiger partial charge in [0.2, 0.25) is 5.91 Å². The Morgan fingerprint density at radius 2 is 2.05 bits per heavy atom. The Morgan fingerprint density at radius 1 is 1.37 bits per heavy atom. The molecule has 1 aromatic rings. The van der Waals surface area contributed by atoms with Crippen molar-refractivity contribution in [1.29, 1.82) is 0 Å². The Bertz CT molecular complexity index is 439. The smallest absolute Gasteiger partial charge is 0.224 e. The van der Waals surface area contributed by atoms with Crippen molar-refractivity contribution in [2.24, 2.45) is 0 Å². The predicted molar refractivity (Wildman–Crippen MR) is 73.1 cm³/mol. The van der Waals surface area contributed by atoms with E-state index >= 15 is 0 Å². The molecule has 0 atom stereocenters. The van der Waals surface area contributed by atoms with Crippen molar-refractivity contribution >= 4 is 5.91 Å². The van der Waals surface area contributed by atoms with Crippen molar-refractivity contribution in [3.05, 3.63) is 29.8 Å². The third-order valence-electron chi connectivity index (χ3n) is 3.69. The number of para-hydroxylation sites is 1. The number of benzene rings is 1. The minimum Gasteiger partial charge on any atom is -0.496 e. The number of carbonyl (C=O) groups is 1. The van der Waals surface area contributed by atoms with Crippen LogP contribution in [0.25, 0.3) is 0 Å². The van der Waals surface area contributed by atoms with Crippen LogP contribution in [0.5, 0.6) is 5.75 Å². The van der Waals surface area contributed by atoms with Gasteiger partial charge in [-0.05, 0) is 18.9 Å². The second-order valence-electron chi connectivity index (χ2n) is 5.20. The Labute approximate surface area is 113 Å². The SMILES string of the molecule is COc1ccccc1CC(=O)NCC1(O)CCCC1. The van der Waals surface area contributed by atoms with E-state index in [0.717, 1.165) is 37.0 Å². The lowest BCUT2D eigenvalue weighted by atomic mass is 10.0. The Kier molecular flexibility index (Phi) is 4.43. The highest BCUT2D eigenvalue weighted by atomic mass is 16.5. The van der Waals surface area contributed by atoms with Crippen molar-refractivity contribution < 1.29 is 14.6 Å². The molecule has 1 saturated carbocycles. The molecule has 4 nitrogen and oxygen atoms in total. The molecule has 0 saturated heterocycles. The molecule has 0 aromatic heterocycles. The Morgan fingerprint density at radius 3 is 2.74 bits per heavy atom. The van der Waals surface area contributed by atoms with Crippen LogP contribution in [0, 0.1) is 0 Å². The number of carbonyl (C=O) groups excluding carboxylic acids is 1. The first-order valence-corrected chi connectivity index (χ1v) is 6.74. The maximum absolute atomic E-state index is 11.9. The molecule has 1 aliphatic carbocycles. The van der Waals surface area contributed by atoms with Gasteiger partial charge in [-0.1, -0.05) is 31.0 Å². The highest BCUT2D eigenvalue weighted by Crippen LogP contribution is 2.28. The second-order valence-corrected chi connectivity index (χ2v) is 5.20. The van der Waals surface area contributed by atoms with E-state index < -0.39 is 5.60 Å². The summed E-state index contributed by atoms with van der Waals surface area (Å²) < 4.78 is 5.21. The molecule has 104 valence electrons. The van der Waals surface area contributed by atoms with Crippen LogP contribution in [0.15, 0.2) is 24.3 Å². The van der Waals surface area contributed by atoms with Gasteiger partial charge in [0.05, 0.1) is 19.1 Å². The number of hydrogen-bond acceptors (Lipinski definition) is 3. The first-order chi connectivity index (χ1) is 9.13. The number of nitrogens with one attached hydrogen (secondary N) is 1. The van der Waals surface area contributed by atoms with Crippen LogP contribution < -0.4 is 10.1 Å². The minimum atomic E-state index is -0.698. The Hall–Kier alpha value is -1.55. The van der Waals surface area contributed by atoms with Crippen molar-refractivity contribution in [1.82, 2.24) is 5.32 Å². The molecule has 1 amide bonds. The van der Waals surface area contributed by atoms with Gasteiger partial charge in [-0.3, -0.25) is 4.79 Å². The van der Waals surface area contributed by atoms with Gasteiger partial charge in [-0.15, -0.1) is 0 Å². The van der Waals surface area contributed by atoms with Crippen LogP contribution in [0.2, 0.25) is 0 Å². The van der Waals surface area contributed by atoms with E-state index in [1.807, 2.05) is 24.3 Å². The highest BCUT2D eigenvalue weighted by Gasteiger charge is 2.31. The third kappa shape index (κ3) is 3.70. The van der Waals surface area contributed by atoms with Crippen LogP contribution in [-0.4, -0.2) is 30.3 Å². The zero-order valence-electron chi connectivity index (χ0n) is 11.3. The first kappa shape index (κ1) is 13.9. The number of aliphatic hydroxyl groups is 1. The van der Waals surface area contributed by atoms with E-state index in [-0.39, 0.29) is 12.3 Å². The normalized spacial score (nSPS) is 17.2. The molecule has 0 radical (unpaired) electrons. The summed E-state index contributed by atoms with van der Waals surface area (Å²) in [5, 5.41) is 13.0. The lowest BCUT2D eigenvalue weighted by molar-refractivity contribution is -0.121. The van der Waals surface area contributed by atoms with E-state index in [1.54, 1.807) is 7.11 Å². The largest absolute Gasteiger partial charge is 0.496 e. The van der Waals surface area contributed by atoms with Crippen molar-refractivity contribution in [2.45, 2.75) is 37.7 Å². The summed E-state index contributed by atoms with van der Waals surface area (Å²) in [6.07, 6.45) is 3.92. The van der Waals surface area contributed by atoms with Crippen molar-refractivity contribution in [3.8, 4) is 5.75 Å². The van der Waals surface area contributed by atoms with Crippen LogP contribution >= 0.6 is 0 Å². The fourth-order valence-corrected chi connectivity index (χ4v) is 2.56. The predicted octanol–water partition coefficient (Wildman–Crippen LogP) is 1.66. The summed E-state index contributed by atoms with van der Waals surface area (Å²) in [6.45, 7) is 0.348. The van der Waals surface area contributed by atoms with Gasteiger partial charge in [-0.2, -0.15) is 0 Å². The van der Waals surface area contributed by atoms with E-state index in [1.165, 1.54) is 0 Å². The lowest BCUT2D eigenvalue weighted by Crippen LogP contribution is -2.41. The summed E-state index contributed by atoms with van der Waals surface area (Å²) in [5.74, 6) is 0.641. The van der Waals surface area contributed by atoms with Gasteiger partial charge in [0.25, 0.3) is 0 Å². The molecule has 1 aliphatic rings. The van der Waals surface area contributed by atoms with Gasteiger partial charge in [0, 0.05) is 12.1 Å². The summed E-state index contributed by atoms with van der Waals surface area (Å²) in [4.78, 5) is 11.9. The van der Waals surface area contributed by atoms with Crippen LogP contribution in [-0.2, 0) is 11.2 Å². The van der Waals surface area contributed by atoms with Crippen LogP contribution in [0.1, 0.15) is 31.2 Å². The average Bonchev–Trinajstić information content (AvgIpc) is 2.85. The summed E-state index contributed by atoms with van der Waals surface area (Å²) >= 11 is 0. The van der Waals surface area contributed by atoms with E-state index in [0.29, 0.717) is 6.54 Å². The molecule has 2 N–H and O–H groups in total. The minimum absolute atomic E-state index is 0.0789.